The van der Waals surface area contributed by atoms with E-state index in [1.165, 1.54) is 12.8 Å². The summed E-state index contributed by atoms with van der Waals surface area (Å²) < 4.78 is 6.27. The molecule has 0 amide bonds. The van der Waals surface area contributed by atoms with Crippen molar-refractivity contribution in [1.82, 2.24) is 0 Å². The predicted octanol–water partition coefficient (Wildman–Crippen LogP) is 3.66. The minimum absolute atomic E-state index is 0.184. The van der Waals surface area contributed by atoms with Crippen molar-refractivity contribution in [3.8, 4) is 0 Å². The Morgan fingerprint density at radius 1 is 1.08 bits per heavy atom. The average Bonchev–Trinajstić information content (AvgIpc) is 2.00. The Morgan fingerprint density at radius 3 is 1.77 bits per heavy atom. The van der Waals surface area contributed by atoms with Crippen LogP contribution < -0.4 is 0 Å². The van der Waals surface area contributed by atoms with Gasteiger partial charge in [-0.25, -0.2) is 0 Å². The molecule has 0 aromatic heterocycles. The number of hydrogen-bond donors (Lipinski definition) is 0. The zero-order chi connectivity index (χ0) is 10.3. The Morgan fingerprint density at radius 2 is 1.46 bits per heavy atom. The molecule has 13 heavy (non-hydrogen) atoms. The fourth-order valence-electron chi connectivity index (χ4n) is 2.67. The molecule has 0 radical (unpaired) electrons. The molecule has 2 atom stereocenters. The molecule has 0 aromatic carbocycles. The summed E-state index contributed by atoms with van der Waals surface area (Å²) in [5, 5.41) is 0. The van der Waals surface area contributed by atoms with Gasteiger partial charge in [-0.05, 0) is 51.2 Å². The van der Waals surface area contributed by atoms with Crippen LogP contribution in [0.4, 0.5) is 0 Å². The van der Waals surface area contributed by atoms with Gasteiger partial charge in [-0.2, -0.15) is 0 Å². The highest BCUT2D eigenvalue weighted by atomic mass is 28.4. The van der Waals surface area contributed by atoms with Crippen LogP contribution in [0.1, 0.15) is 33.6 Å². The Hall–Kier alpha value is 0.177. The molecule has 1 saturated carbocycles. The predicted molar refractivity (Wildman–Crippen MR) is 60.4 cm³/mol. The van der Waals surface area contributed by atoms with Crippen LogP contribution in [0.3, 0.4) is 0 Å². The van der Waals surface area contributed by atoms with Crippen LogP contribution in [0, 0.1) is 11.8 Å². The van der Waals surface area contributed by atoms with E-state index in [1.54, 1.807) is 0 Å². The molecule has 0 aromatic rings. The van der Waals surface area contributed by atoms with Gasteiger partial charge in [-0.15, -0.1) is 0 Å². The second-order valence-corrected chi connectivity index (χ2v) is 10.5. The fourth-order valence-corrected chi connectivity index (χ4v) is 4.32. The summed E-state index contributed by atoms with van der Waals surface area (Å²) in [7, 11) is -1.35. The van der Waals surface area contributed by atoms with Crippen molar-refractivity contribution >= 4 is 8.32 Å². The Balaban J connectivity index is 2.59. The van der Waals surface area contributed by atoms with E-state index in [0.29, 0.717) is 0 Å². The van der Waals surface area contributed by atoms with Crippen LogP contribution >= 0.6 is 0 Å². The Bertz CT molecular complexity index is 173. The summed E-state index contributed by atoms with van der Waals surface area (Å²) in [6.07, 6.45) is 2.50. The molecular weight excluding hydrogens is 176 g/mol. The largest absolute Gasteiger partial charge is 0.412 e. The van der Waals surface area contributed by atoms with Gasteiger partial charge in [0.15, 0.2) is 8.32 Å². The van der Waals surface area contributed by atoms with Crippen LogP contribution in [-0.2, 0) is 4.43 Å². The smallest absolute Gasteiger partial charge is 0.184 e. The molecule has 0 spiro atoms. The summed E-state index contributed by atoms with van der Waals surface area (Å²) in [4.78, 5) is 0. The highest BCUT2D eigenvalue weighted by Gasteiger charge is 2.41. The van der Waals surface area contributed by atoms with E-state index in [4.69, 9.17) is 4.43 Å². The monoisotopic (exact) mass is 200 g/mol. The molecule has 78 valence electrons. The SMILES string of the molecule is CC1CC(C)(O[Si](C)(C)C)CC1C. The van der Waals surface area contributed by atoms with E-state index in [1.807, 2.05) is 0 Å². The van der Waals surface area contributed by atoms with Gasteiger partial charge >= 0.3 is 0 Å². The first kappa shape index (κ1) is 11.3. The highest BCUT2D eigenvalue weighted by Crippen LogP contribution is 2.42. The standard InChI is InChI=1S/C11H24OSi/c1-9-7-11(3,8-10(9)2)12-13(4,5)6/h9-10H,7-8H2,1-6H3. The third kappa shape index (κ3) is 3.10. The molecule has 1 rings (SSSR count). The molecule has 2 heteroatoms. The lowest BCUT2D eigenvalue weighted by atomic mass is 10.0. The molecule has 2 unspecified atom stereocenters. The molecule has 1 nitrogen and oxygen atoms in total. The van der Waals surface area contributed by atoms with Gasteiger partial charge in [-0.1, -0.05) is 13.8 Å². The summed E-state index contributed by atoms with van der Waals surface area (Å²) in [5.74, 6) is 1.67. The molecular formula is C11H24OSi. The first-order valence-corrected chi connectivity index (χ1v) is 8.83. The van der Waals surface area contributed by atoms with Crippen molar-refractivity contribution in [2.24, 2.45) is 11.8 Å². The first-order valence-electron chi connectivity index (χ1n) is 5.42. The maximum atomic E-state index is 6.27. The van der Waals surface area contributed by atoms with Crippen molar-refractivity contribution in [1.29, 1.82) is 0 Å². The maximum Gasteiger partial charge on any atom is 0.184 e. The van der Waals surface area contributed by atoms with Crippen molar-refractivity contribution in [2.75, 3.05) is 0 Å². The van der Waals surface area contributed by atoms with Gasteiger partial charge in [0, 0.05) is 0 Å². The number of rotatable bonds is 2. The van der Waals surface area contributed by atoms with E-state index >= 15 is 0 Å². The average molecular weight is 200 g/mol. The molecule has 0 saturated heterocycles. The lowest BCUT2D eigenvalue weighted by Crippen LogP contribution is -2.38. The van der Waals surface area contributed by atoms with Crippen LogP contribution in [0.25, 0.3) is 0 Å². The van der Waals surface area contributed by atoms with Crippen LogP contribution in [0.15, 0.2) is 0 Å². The second kappa shape index (κ2) is 3.39. The van der Waals surface area contributed by atoms with E-state index in [-0.39, 0.29) is 5.60 Å². The van der Waals surface area contributed by atoms with Crippen LogP contribution in [0.2, 0.25) is 19.6 Å². The zero-order valence-corrected chi connectivity index (χ0v) is 11.0. The lowest BCUT2D eigenvalue weighted by molar-refractivity contribution is 0.0823. The molecule has 0 aliphatic heterocycles. The summed E-state index contributed by atoms with van der Waals surface area (Å²) in [6.45, 7) is 13.8. The van der Waals surface area contributed by atoms with Gasteiger partial charge in [0.05, 0.1) is 5.60 Å². The Kier molecular flexibility index (Phi) is 2.94. The van der Waals surface area contributed by atoms with Crippen LogP contribution in [-0.4, -0.2) is 13.9 Å². The van der Waals surface area contributed by atoms with Gasteiger partial charge in [0.25, 0.3) is 0 Å². The fraction of sp³-hybridized carbons (Fsp3) is 1.00. The molecule has 1 fully saturated rings. The number of hydrogen-bond acceptors (Lipinski definition) is 1. The van der Waals surface area contributed by atoms with E-state index in [2.05, 4.69) is 40.4 Å². The third-order valence-corrected chi connectivity index (χ3v) is 4.14. The van der Waals surface area contributed by atoms with Crippen molar-refractivity contribution in [2.45, 2.75) is 58.9 Å². The third-order valence-electron chi connectivity index (χ3n) is 3.03. The quantitative estimate of drug-likeness (QED) is 0.618. The van der Waals surface area contributed by atoms with E-state index in [0.717, 1.165) is 11.8 Å². The van der Waals surface area contributed by atoms with Crippen molar-refractivity contribution in [3.05, 3.63) is 0 Å². The molecule has 0 N–H and O–H groups in total. The Labute approximate surface area is 84.0 Å². The van der Waals surface area contributed by atoms with Gasteiger partial charge in [0.2, 0.25) is 0 Å². The zero-order valence-electron chi connectivity index (χ0n) is 9.98. The van der Waals surface area contributed by atoms with Crippen molar-refractivity contribution < 1.29 is 4.43 Å². The topological polar surface area (TPSA) is 9.23 Å². The van der Waals surface area contributed by atoms with Gasteiger partial charge in [0.1, 0.15) is 0 Å². The van der Waals surface area contributed by atoms with Crippen LogP contribution in [0.5, 0.6) is 0 Å². The minimum Gasteiger partial charge on any atom is -0.412 e. The molecule has 0 bridgehead atoms. The van der Waals surface area contributed by atoms with E-state index < -0.39 is 8.32 Å². The normalized spacial score (nSPS) is 41.1. The summed E-state index contributed by atoms with van der Waals surface area (Å²) >= 11 is 0. The van der Waals surface area contributed by atoms with Gasteiger partial charge in [-0.3, -0.25) is 0 Å². The minimum atomic E-state index is -1.35. The van der Waals surface area contributed by atoms with E-state index in [9.17, 15) is 0 Å². The van der Waals surface area contributed by atoms with Crippen molar-refractivity contribution in [3.63, 3.8) is 0 Å². The maximum absolute atomic E-state index is 6.27. The molecule has 1 aliphatic carbocycles. The molecule has 1 aliphatic rings. The highest BCUT2D eigenvalue weighted by molar-refractivity contribution is 6.69. The lowest BCUT2D eigenvalue weighted by Gasteiger charge is -2.33. The second-order valence-electron chi connectivity index (χ2n) is 6.03. The van der Waals surface area contributed by atoms with Gasteiger partial charge < -0.3 is 4.43 Å². The molecule has 0 heterocycles. The first-order chi connectivity index (χ1) is 5.72. The summed E-state index contributed by atoms with van der Waals surface area (Å²) in [6, 6.07) is 0. The summed E-state index contributed by atoms with van der Waals surface area (Å²) in [5.41, 5.74) is 0.184.